The van der Waals surface area contributed by atoms with Crippen LogP contribution in [0.25, 0.3) is 11.1 Å². The van der Waals surface area contributed by atoms with E-state index in [2.05, 4.69) is 10.3 Å². The first kappa shape index (κ1) is 16.4. The van der Waals surface area contributed by atoms with Gasteiger partial charge in [-0.3, -0.25) is 14.6 Å². The third-order valence-electron chi connectivity index (χ3n) is 3.54. The Morgan fingerprint density at radius 3 is 2.64 bits per heavy atom. The third-order valence-corrected chi connectivity index (χ3v) is 3.54. The fourth-order valence-corrected chi connectivity index (χ4v) is 2.39. The second kappa shape index (κ2) is 6.96. The number of carboxylic acids is 1. The van der Waals surface area contributed by atoms with Gasteiger partial charge in [0.1, 0.15) is 12.2 Å². The number of halogens is 1. The van der Waals surface area contributed by atoms with Crippen molar-refractivity contribution < 1.29 is 23.5 Å². The Bertz CT molecular complexity index is 922. The minimum atomic E-state index is -1.13. The highest BCUT2D eigenvalue weighted by Crippen LogP contribution is 2.27. The monoisotopic (exact) mass is 340 g/mol. The molecule has 2 heterocycles. The predicted octanol–water partition coefficient (Wildman–Crippen LogP) is 3.36. The summed E-state index contributed by atoms with van der Waals surface area (Å²) in [5.74, 6) is -2.35. The summed E-state index contributed by atoms with van der Waals surface area (Å²) in [6.07, 6.45) is 3.87. The Morgan fingerprint density at radius 1 is 1.16 bits per heavy atom. The lowest BCUT2D eigenvalue weighted by Crippen LogP contribution is -2.15. The normalized spacial score (nSPS) is 10.4. The molecule has 1 aromatic carbocycles. The van der Waals surface area contributed by atoms with Crippen LogP contribution >= 0.6 is 0 Å². The first-order chi connectivity index (χ1) is 12.1. The Morgan fingerprint density at radius 2 is 1.92 bits per heavy atom. The van der Waals surface area contributed by atoms with Gasteiger partial charge in [0.15, 0.2) is 5.82 Å². The number of amides is 1. The minimum Gasteiger partial charge on any atom is -0.481 e. The van der Waals surface area contributed by atoms with E-state index >= 15 is 0 Å². The van der Waals surface area contributed by atoms with Gasteiger partial charge in [-0.05, 0) is 29.8 Å². The topological polar surface area (TPSA) is 92.4 Å². The van der Waals surface area contributed by atoms with E-state index < -0.39 is 24.1 Å². The van der Waals surface area contributed by atoms with Crippen molar-refractivity contribution in [2.75, 3.05) is 5.32 Å². The highest BCUT2D eigenvalue weighted by molar-refractivity contribution is 6.05. The number of anilines is 1. The predicted molar refractivity (Wildman–Crippen MR) is 87.6 cm³/mol. The van der Waals surface area contributed by atoms with Crippen LogP contribution in [0.2, 0.25) is 0 Å². The molecule has 3 rings (SSSR count). The second-order valence-electron chi connectivity index (χ2n) is 5.19. The van der Waals surface area contributed by atoms with Crippen LogP contribution in [0.5, 0.6) is 0 Å². The van der Waals surface area contributed by atoms with Crippen molar-refractivity contribution in [2.24, 2.45) is 0 Å². The third kappa shape index (κ3) is 3.55. The fraction of sp³-hybridized carbons (Fsp3) is 0.0556. The molecular weight excluding hydrogens is 327 g/mol. The molecule has 0 unspecified atom stereocenters. The molecule has 0 aliphatic heterocycles. The Balaban J connectivity index is 1.88. The second-order valence-corrected chi connectivity index (χ2v) is 5.19. The number of hydrogen-bond acceptors (Lipinski definition) is 4. The summed E-state index contributed by atoms with van der Waals surface area (Å²) in [6, 6.07) is 9.29. The highest BCUT2D eigenvalue weighted by atomic mass is 19.1. The summed E-state index contributed by atoms with van der Waals surface area (Å²) >= 11 is 0. The zero-order chi connectivity index (χ0) is 17.8. The molecule has 3 aromatic rings. The Labute approximate surface area is 141 Å². The van der Waals surface area contributed by atoms with Gasteiger partial charge in [0.25, 0.3) is 5.91 Å². The van der Waals surface area contributed by atoms with Crippen molar-refractivity contribution in [3.05, 3.63) is 72.2 Å². The van der Waals surface area contributed by atoms with E-state index in [0.717, 1.165) is 0 Å². The van der Waals surface area contributed by atoms with Crippen LogP contribution in [-0.4, -0.2) is 22.0 Å². The number of nitrogens with zero attached hydrogens (tertiary/aromatic N) is 1. The first-order valence-electron chi connectivity index (χ1n) is 7.34. The van der Waals surface area contributed by atoms with Crippen LogP contribution in [0.15, 0.2) is 59.5 Å². The molecule has 126 valence electrons. The Kier molecular flexibility index (Phi) is 4.56. The number of aromatic nitrogens is 1. The summed E-state index contributed by atoms with van der Waals surface area (Å²) in [5.41, 5.74) is 0.981. The van der Waals surface area contributed by atoms with Crippen molar-refractivity contribution in [1.82, 2.24) is 4.98 Å². The number of aliphatic carboxylic acids is 1. The maximum Gasteiger partial charge on any atom is 0.311 e. The lowest BCUT2D eigenvalue weighted by atomic mass is 10.1. The number of carbonyl (C=O) groups excluding carboxylic acids is 1. The zero-order valence-electron chi connectivity index (χ0n) is 12.9. The molecule has 2 N–H and O–H groups in total. The van der Waals surface area contributed by atoms with Gasteiger partial charge < -0.3 is 14.8 Å². The van der Waals surface area contributed by atoms with Crippen molar-refractivity contribution in [3.63, 3.8) is 0 Å². The molecule has 0 aliphatic rings. The van der Waals surface area contributed by atoms with Gasteiger partial charge in [-0.25, -0.2) is 4.39 Å². The molecular formula is C18H13FN2O4. The van der Waals surface area contributed by atoms with Gasteiger partial charge in [-0.15, -0.1) is 0 Å². The van der Waals surface area contributed by atoms with Crippen LogP contribution in [0.3, 0.4) is 0 Å². The lowest BCUT2D eigenvalue weighted by Gasteiger charge is -2.10. The number of furan rings is 1. The molecule has 7 heteroatoms. The maximum absolute atomic E-state index is 14.7. The molecule has 0 radical (unpaired) electrons. The quantitative estimate of drug-likeness (QED) is 0.743. The molecule has 2 aromatic heterocycles. The lowest BCUT2D eigenvalue weighted by molar-refractivity contribution is -0.136. The van der Waals surface area contributed by atoms with E-state index in [1.165, 1.54) is 18.4 Å². The van der Waals surface area contributed by atoms with E-state index in [1.54, 1.807) is 36.7 Å². The molecule has 25 heavy (non-hydrogen) atoms. The average molecular weight is 340 g/mol. The SMILES string of the molecule is O=C(O)Cc1occc1C(=O)Nc1cccc(-c2ccncc2)c1F. The smallest absolute Gasteiger partial charge is 0.311 e. The number of carboxylic acid groups (broad SMARTS) is 1. The number of nitrogens with one attached hydrogen (secondary N) is 1. The fourth-order valence-electron chi connectivity index (χ4n) is 2.39. The Hall–Kier alpha value is -3.48. The van der Waals surface area contributed by atoms with E-state index in [0.29, 0.717) is 11.1 Å². The van der Waals surface area contributed by atoms with Crippen molar-refractivity contribution in [3.8, 4) is 11.1 Å². The summed E-state index contributed by atoms with van der Waals surface area (Å²) in [4.78, 5) is 27.0. The van der Waals surface area contributed by atoms with Gasteiger partial charge in [0, 0.05) is 18.0 Å². The van der Waals surface area contributed by atoms with Gasteiger partial charge in [0.05, 0.1) is 17.5 Å². The van der Waals surface area contributed by atoms with Crippen LogP contribution in [0, 0.1) is 5.82 Å². The van der Waals surface area contributed by atoms with Gasteiger partial charge in [-0.2, -0.15) is 0 Å². The summed E-state index contributed by atoms with van der Waals surface area (Å²) in [7, 11) is 0. The molecule has 6 nitrogen and oxygen atoms in total. The van der Waals surface area contributed by atoms with Crippen LogP contribution in [0.4, 0.5) is 10.1 Å². The number of rotatable bonds is 5. The van der Waals surface area contributed by atoms with Crippen LogP contribution in [0.1, 0.15) is 16.1 Å². The van der Waals surface area contributed by atoms with Crippen molar-refractivity contribution >= 4 is 17.6 Å². The highest BCUT2D eigenvalue weighted by Gasteiger charge is 2.19. The standard InChI is InChI=1S/C18H13FN2O4/c19-17-12(11-4-7-20-8-5-11)2-1-3-14(17)21-18(24)13-6-9-25-15(13)10-16(22)23/h1-9H,10H2,(H,21,24)(H,22,23). The number of carbonyl (C=O) groups is 2. The summed E-state index contributed by atoms with van der Waals surface area (Å²) in [5, 5.41) is 11.3. The number of benzene rings is 1. The summed E-state index contributed by atoms with van der Waals surface area (Å²) in [6.45, 7) is 0. The van der Waals surface area contributed by atoms with Crippen molar-refractivity contribution in [1.29, 1.82) is 0 Å². The number of hydrogen-bond donors (Lipinski definition) is 2. The maximum atomic E-state index is 14.7. The molecule has 0 atom stereocenters. The van der Waals surface area contributed by atoms with Crippen LogP contribution in [-0.2, 0) is 11.2 Å². The van der Waals surface area contributed by atoms with Crippen LogP contribution < -0.4 is 5.32 Å². The van der Waals surface area contributed by atoms with E-state index in [-0.39, 0.29) is 17.0 Å². The molecule has 0 bridgehead atoms. The van der Waals surface area contributed by atoms with E-state index in [4.69, 9.17) is 9.52 Å². The van der Waals surface area contributed by atoms with Crippen molar-refractivity contribution in [2.45, 2.75) is 6.42 Å². The molecule has 1 amide bonds. The molecule has 0 saturated carbocycles. The van der Waals surface area contributed by atoms with Gasteiger partial charge in [-0.1, -0.05) is 12.1 Å². The zero-order valence-corrected chi connectivity index (χ0v) is 12.9. The van der Waals surface area contributed by atoms with Gasteiger partial charge >= 0.3 is 5.97 Å². The number of pyridine rings is 1. The van der Waals surface area contributed by atoms with E-state index in [9.17, 15) is 14.0 Å². The minimum absolute atomic E-state index is 0.00990. The molecule has 0 fully saturated rings. The van der Waals surface area contributed by atoms with E-state index in [1.807, 2.05) is 0 Å². The largest absolute Gasteiger partial charge is 0.481 e. The molecule has 0 aliphatic carbocycles. The molecule has 0 saturated heterocycles. The first-order valence-corrected chi connectivity index (χ1v) is 7.34. The van der Waals surface area contributed by atoms with Gasteiger partial charge in [0.2, 0.25) is 0 Å². The average Bonchev–Trinajstić information content (AvgIpc) is 3.05. The molecule has 0 spiro atoms. The summed E-state index contributed by atoms with van der Waals surface area (Å²) < 4.78 is 19.7.